The highest BCUT2D eigenvalue weighted by Gasteiger charge is 2.22. The van der Waals surface area contributed by atoms with E-state index < -0.39 is 17.1 Å². The maximum Gasteiger partial charge on any atom is 0.280 e. The molecule has 0 aliphatic heterocycles. The number of alkyl halides is 1. The first-order valence-electron chi connectivity index (χ1n) is 5.17. The minimum absolute atomic E-state index is 0.0640. The zero-order chi connectivity index (χ0) is 13.7. The second kappa shape index (κ2) is 6.58. The summed E-state index contributed by atoms with van der Waals surface area (Å²) in [5.74, 6) is 0. The average molecular weight is 318 g/mol. The summed E-state index contributed by atoms with van der Waals surface area (Å²) >= 11 is 3.13. The first-order valence-corrected chi connectivity index (χ1v) is 6.29. The molecule has 1 aromatic carbocycles. The first kappa shape index (κ1) is 14.7. The molecule has 0 bridgehead atoms. The van der Waals surface area contributed by atoms with E-state index in [-0.39, 0.29) is 16.8 Å². The fourth-order valence-corrected chi connectivity index (χ4v) is 1.96. The summed E-state index contributed by atoms with van der Waals surface area (Å²) in [7, 11) is 0. The predicted octanol–water partition coefficient (Wildman–Crippen LogP) is 1.59. The first-order chi connectivity index (χ1) is 8.51. The van der Waals surface area contributed by atoms with Crippen LogP contribution in [0.2, 0.25) is 0 Å². The number of aldehydes is 1. The Morgan fingerprint density at radius 1 is 1.44 bits per heavy atom. The summed E-state index contributed by atoms with van der Waals surface area (Å²) in [4.78, 5) is 20.7. The van der Waals surface area contributed by atoms with Gasteiger partial charge in [0.1, 0.15) is 6.10 Å². The Morgan fingerprint density at radius 2 is 2.11 bits per heavy atom. The Kier molecular flexibility index (Phi) is 5.39. The number of hydrogen-bond acceptors (Lipinski definition) is 5. The van der Waals surface area contributed by atoms with Gasteiger partial charge in [0, 0.05) is 11.4 Å². The molecule has 6 nitrogen and oxygen atoms in total. The third kappa shape index (κ3) is 3.34. The monoisotopic (exact) mass is 317 g/mol. The predicted molar refractivity (Wildman–Crippen MR) is 67.9 cm³/mol. The number of benzene rings is 1. The molecule has 18 heavy (non-hydrogen) atoms. The number of aliphatic hydroxyl groups excluding tert-OH is 2. The van der Waals surface area contributed by atoms with Crippen LogP contribution in [0.1, 0.15) is 28.4 Å². The molecule has 0 radical (unpaired) electrons. The van der Waals surface area contributed by atoms with E-state index in [9.17, 15) is 25.1 Å². The van der Waals surface area contributed by atoms with Crippen LogP contribution < -0.4 is 0 Å². The van der Waals surface area contributed by atoms with Crippen LogP contribution in [0.25, 0.3) is 0 Å². The van der Waals surface area contributed by atoms with Crippen molar-refractivity contribution < 1.29 is 19.9 Å². The molecule has 2 unspecified atom stereocenters. The molecule has 0 heterocycles. The fraction of sp³-hybridized carbons (Fsp3) is 0.364. The van der Waals surface area contributed by atoms with Crippen LogP contribution in [0, 0.1) is 10.1 Å². The Bertz CT molecular complexity index is 451. The molecule has 0 saturated carbocycles. The van der Waals surface area contributed by atoms with Crippen molar-refractivity contribution in [1.82, 2.24) is 0 Å². The topological polar surface area (TPSA) is 101 Å². The highest BCUT2D eigenvalue weighted by molar-refractivity contribution is 9.09. The van der Waals surface area contributed by atoms with Crippen molar-refractivity contribution in [3.8, 4) is 0 Å². The Morgan fingerprint density at radius 3 is 2.61 bits per heavy atom. The van der Waals surface area contributed by atoms with Crippen LogP contribution in [0.15, 0.2) is 18.2 Å². The molecule has 0 aliphatic rings. The summed E-state index contributed by atoms with van der Waals surface area (Å²) in [6.07, 6.45) is -1.55. The summed E-state index contributed by atoms with van der Waals surface area (Å²) in [6, 6.07) is 3.75. The van der Waals surface area contributed by atoms with Gasteiger partial charge in [0.15, 0.2) is 6.29 Å². The standard InChI is InChI=1S/C11H12BrNO5/c12-4-3-10(15)11(16)7-1-2-8(6-14)9(5-7)13(17)18/h1-2,5-6,10-11,15-16H,3-4H2. The second-order valence-electron chi connectivity index (χ2n) is 3.68. The van der Waals surface area contributed by atoms with Crippen molar-refractivity contribution in [2.75, 3.05) is 5.33 Å². The Labute approximate surface area is 112 Å². The van der Waals surface area contributed by atoms with Crippen LogP contribution >= 0.6 is 15.9 Å². The third-order valence-electron chi connectivity index (χ3n) is 2.49. The SMILES string of the molecule is O=Cc1ccc(C(O)C(O)CCBr)cc1[N+](=O)[O-]. The molecule has 0 fully saturated rings. The third-order valence-corrected chi connectivity index (χ3v) is 2.95. The molecule has 1 aromatic rings. The normalized spacial score (nSPS) is 13.9. The number of rotatable bonds is 6. The molecule has 7 heteroatoms. The zero-order valence-electron chi connectivity index (χ0n) is 9.32. The van der Waals surface area contributed by atoms with Gasteiger partial charge in [0.2, 0.25) is 0 Å². The van der Waals surface area contributed by atoms with E-state index >= 15 is 0 Å². The molecule has 0 spiro atoms. The number of nitrogens with zero attached hydrogens (tertiary/aromatic N) is 1. The molecule has 98 valence electrons. The van der Waals surface area contributed by atoms with Crippen molar-refractivity contribution in [2.24, 2.45) is 0 Å². The Balaban J connectivity index is 3.07. The molecular weight excluding hydrogens is 306 g/mol. The molecule has 0 aromatic heterocycles. The van der Waals surface area contributed by atoms with Crippen molar-refractivity contribution in [3.05, 3.63) is 39.4 Å². The lowest BCUT2D eigenvalue weighted by atomic mass is 10.0. The van der Waals surface area contributed by atoms with Gasteiger partial charge in [-0.25, -0.2) is 0 Å². The number of hydrogen-bond donors (Lipinski definition) is 2. The van der Waals surface area contributed by atoms with Crippen LogP contribution in [0.5, 0.6) is 0 Å². The molecule has 2 N–H and O–H groups in total. The van der Waals surface area contributed by atoms with Crippen LogP contribution in [0.4, 0.5) is 5.69 Å². The summed E-state index contributed by atoms with van der Waals surface area (Å²) in [5.41, 5.74) is -0.237. The molecule has 0 aliphatic carbocycles. The van der Waals surface area contributed by atoms with E-state index in [2.05, 4.69) is 15.9 Å². The largest absolute Gasteiger partial charge is 0.390 e. The highest BCUT2D eigenvalue weighted by atomic mass is 79.9. The number of carbonyl (C=O) groups excluding carboxylic acids is 1. The summed E-state index contributed by atoms with van der Waals surface area (Å²) in [5, 5.41) is 30.7. The molecule has 1 rings (SSSR count). The van der Waals surface area contributed by atoms with E-state index in [1.165, 1.54) is 12.1 Å². The van der Waals surface area contributed by atoms with E-state index in [1.54, 1.807) is 0 Å². The van der Waals surface area contributed by atoms with Gasteiger partial charge in [-0.2, -0.15) is 0 Å². The maximum absolute atomic E-state index is 10.7. The fourth-order valence-electron chi connectivity index (χ4n) is 1.49. The maximum atomic E-state index is 10.7. The molecule has 2 atom stereocenters. The summed E-state index contributed by atoms with van der Waals surface area (Å²) < 4.78 is 0. The van der Waals surface area contributed by atoms with Gasteiger partial charge in [-0.1, -0.05) is 22.0 Å². The van der Waals surface area contributed by atoms with Gasteiger partial charge >= 0.3 is 0 Å². The lowest BCUT2D eigenvalue weighted by Gasteiger charge is -2.17. The average Bonchev–Trinajstić information content (AvgIpc) is 2.37. The minimum atomic E-state index is -1.22. The minimum Gasteiger partial charge on any atom is -0.390 e. The smallest absolute Gasteiger partial charge is 0.280 e. The number of aliphatic hydroxyl groups is 2. The van der Waals surface area contributed by atoms with Crippen molar-refractivity contribution in [1.29, 1.82) is 0 Å². The molecule has 0 amide bonds. The van der Waals surface area contributed by atoms with Gasteiger partial charge in [-0.3, -0.25) is 14.9 Å². The van der Waals surface area contributed by atoms with Crippen molar-refractivity contribution >= 4 is 27.9 Å². The van der Waals surface area contributed by atoms with Crippen LogP contribution in [0.3, 0.4) is 0 Å². The van der Waals surface area contributed by atoms with Crippen molar-refractivity contribution in [2.45, 2.75) is 18.6 Å². The lowest BCUT2D eigenvalue weighted by molar-refractivity contribution is -0.385. The number of carbonyl (C=O) groups is 1. The van der Waals surface area contributed by atoms with E-state index in [1.807, 2.05) is 0 Å². The number of nitro benzene ring substituents is 1. The van der Waals surface area contributed by atoms with Gasteiger partial charge in [0.25, 0.3) is 5.69 Å². The molecule has 0 saturated heterocycles. The second-order valence-corrected chi connectivity index (χ2v) is 4.48. The quantitative estimate of drug-likeness (QED) is 0.359. The van der Waals surface area contributed by atoms with E-state index in [0.29, 0.717) is 18.0 Å². The Hall–Kier alpha value is -1.31. The zero-order valence-corrected chi connectivity index (χ0v) is 10.9. The van der Waals surface area contributed by atoms with Crippen molar-refractivity contribution in [3.63, 3.8) is 0 Å². The lowest BCUT2D eigenvalue weighted by Crippen LogP contribution is -2.18. The van der Waals surface area contributed by atoms with E-state index in [4.69, 9.17) is 0 Å². The van der Waals surface area contributed by atoms with Gasteiger partial charge in [-0.05, 0) is 18.1 Å². The van der Waals surface area contributed by atoms with E-state index in [0.717, 1.165) is 6.07 Å². The van der Waals surface area contributed by atoms with Crippen LogP contribution in [-0.4, -0.2) is 32.9 Å². The van der Waals surface area contributed by atoms with Gasteiger partial charge < -0.3 is 10.2 Å². The van der Waals surface area contributed by atoms with Gasteiger partial charge in [0.05, 0.1) is 16.6 Å². The number of halogens is 1. The number of nitro groups is 1. The molecular formula is C11H12BrNO5. The van der Waals surface area contributed by atoms with Gasteiger partial charge in [-0.15, -0.1) is 0 Å². The highest BCUT2D eigenvalue weighted by Crippen LogP contribution is 2.25. The summed E-state index contributed by atoms with van der Waals surface area (Å²) in [6.45, 7) is 0. The van der Waals surface area contributed by atoms with Crippen LogP contribution in [-0.2, 0) is 0 Å².